The highest BCUT2D eigenvalue weighted by Gasteiger charge is 2.34. The van der Waals surface area contributed by atoms with Gasteiger partial charge in [-0.15, -0.1) is 0 Å². The Kier molecular flexibility index (Phi) is 1.94. The molecule has 1 aliphatic rings. The van der Waals surface area contributed by atoms with Crippen LogP contribution in [0, 0.1) is 11.8 Å². The molecule has 1 saturated carbocycles. The molecule has 3 nitrogen and oxygen atoms in total. The van der Waals surface area contributed by atoms with Gasteiger partial charge >= 0.3 is 5.97 Å². The van der Waals surface area contributed by atoms with E-state index in [9.17, 15) is 4.79 Å². The Hall–Kier alpha value is -0.570. The van der Waals surface area contributed by atoms with Gasteiger partial charge in [-0.3, -0.25) is 4.79 Å². The number of aliphatic hydroxyl groups excluding tert-OH is 1. The summed E-state index contributed by atoms with van der Waals surface area (Å²) in [5.41, 5.74) is 0. The highest BCUT2D eigenvalue weighted by molar-refractivity contribution is 5.70. The predicted molar refractivity (Wildman–Crippen MR) is 35.5 cm³/mol. The van der Waals surface area contributed by atoms with Crippen molar-refractivity contribution in [2.45, 2.75) is 25.9 Å². The Labute approximate surface area is 59.7 Å². The monoisotopic (exact) mass is 144 g/mol. The second-order valence-electron chi connectivity index (χ2n) is 3.05. The van der Waals surface area contributed by atoms with Crippen LogP contribution in [0.3, 0.4) is 0 Å². The van der Waals surface area contributed by atoms with E-state index in [4.69, 9.17) is 10.2 Å². The summed E-state index contributed by atoms with van der Waals surface area (Å²) >= 11 is 0. The lowest BCUT2D eigenvalue weighted by atomic mass is 9.99. The third kappa shape index (κ3) is 1.29. The standard InChI is InChI=1S/C7H12O3/c1-4-2-5(8)3-6(4)7(9)10/h4-6,8H,2-3H2,1H3,(H,9,10)/t4-,5+,6-/m1/s1. The summed E-state index contributed by atoms with van der Waals surface area (Å²) in [6.07, 6.45) is 0.670. The first-order chi connectivity index (χ1) is 4.61. The quantitative estimate of drug-likeness (QED) is 0.562. The lowest BCUT2D eigenvalue weighted by Gasteiger charge is -2.06. The Bertz CT molecular complexity index is 144. The Morgan fingerprint density at radius 3 is 2.30 bits per heavy atom. The molecule has 0 aromatic heterocycles. The second kappa shape index (κ2) is 2.58. The molecule has 0 aliphatic heterocycles. The zero-order chi connectivity index (χ0) is 7.72. The molecule has 3 atom stereocenters. The SMILES string of the molecule is C[C@@H]1C[C@H](O)C[C@H]1C(=O)O. The number of hydrogen-bond donors (Lipinski definition) is 2. The summed E-state index contributed by atoms with van der Waals surface area (Å²) in [5.74, 6) is -0.966. The largest absolute Gasteiger partial charge is 0.481 e. The maximum Gasteiger partial charge on any atom is 0.306 e. The molecule has 0 heterocycles. The maximum absolute atomic E-state index is 10.4. The Morgan fingerprint density at radius 2 is 2.10 bits per heavy atom. The highest BCUT2D eigenvalue weighted by atomic mass is 16.4. The first-order valence-electron chi connectivity index (χ1n) is 3.52. The topological polar surface area (TPSA) is 57.5 Å². The van der Waals surface area contributed by atoms with Crippen molar-refractivity contribution in [2.24, 2.45) is 11.8 Å². The van der Waals surface area contributed by atoms with E-state index < -0.39 is 12.1 Å². The lowest BCUT2D eigenvalue weighted by Crippen LogP contribution is -2.15. The van der Waals surface area contributed by atoms with Crippen molar-refractivity contribution in [1.29, 1.82) is 0 Å². The van der Waals surface area contributed by atoms with Gasteiger partial charge in [-0.05, 0) is 18.8 Å². The van der Waals surface area contributed by atoms with Crippen LogP contribution in [0.25, 0.3) is 0 Å². The highest BCUT2D eigenvalue weighted by Crippen LogP contribution is 2.31. The normalized spacial score (nSPS) is 40.0. The van der Waals surface area contributed by atoms with Crippen LogP contribution in [0.1, 0.15) is 19.8 Å². The number of hydrogen-bond acceptors (Lipinski definition) is 2. The molecule has 0 aromatic carbocycles. The van der Waals surface area contributed by atoms with Crippen LogP contribution >= 0.6 is 0 Å². The van der Waals surface area contributed by atoms with Crippen LogP contribution in [-0.2, 0) is 4.79 Å². The van der Waals surface area contributed by atoms with Crippen molar-refractivity contribution >= 4 is 5.97 Å². The first-order valence-corrected chi connectivity index (χ1v) is 3.52. The van der Waals surface area contributed by atoms with Crippen molar-refractivity contribution in [3.05, 3.63) is 0 Å². The smallest absolute Gasteiger partial charge is 0.306 e. The summed E-state index contributed by atoms with van der Waals surface area (Å²) < 4.78 is 0. The van der Waals surface area contributed by atoms with Gasteiger partial charge in [0.05, 0.1) is 12.0 Å². The minimum absolute atomic E-state index is 0.132. The number of carboxylic acids is 1. The zero-order valence-electron chi connectivity index (χ0n) is 5.95. The van der Waals surface area contributed by atoms with Gasteiger partial charge in [0.25, 0.3) is 0 Å². The van der Waals surface area contributed by atoms with Crippen LogP contribution in [0.15, 0.2) is 0 Å². The molecule has 3 heteroatoms. The van der Waals surface area contributed by atoms with Gasteiger partial charge in [-0.25, -0.2) is 0 Å². The second-order valence-corrected chi connectivity index (χ2v) is 3.05. The fraction of sp³-hybridized carbons (Fsp3) is 0.857. The summed E-state index contributed by atoms with van der Waals surface area (Å²) in [5, 5.41) is 17.6. The maximum atomic E-state index is 10.4. The van der Waals surface area contributed by atoms with Crippen molar-refractivity contribution in [3.8, 4) is 0 Å². The average Bonchev–Trinajstić information content (AvgIpc) is 2.10. The van der Waals surface area contributed by atoms with Crippen molar-refractivity contribution in [1.82, 2.24) is 0 Å². The van der Waals surface area contributed by atoms with E-state index in [2.05, 4.69) is 0 Å². The molecular weight excluding hydrogens is 132 g/mol. The molecule has 1 aliphatic carbocycles. The van der Waals surface area contributed by atoms with Gasteiger partial charge < -0.3 is 10.2 Å². The minimum atomic E-state index is -0.774. The summed E-state index contributed by atoms with van der Waals surface area (Å²) in [7, 11) is 0. The van der Waals surface area contributed by atoms with Gasteiger partial charge in [-0.1, -0.05) is 6.92 Å². The van der Waals surface area contributed by atoms with Crippen LogP contribution in [0.2, 0.25) is 0 Å². The fourth-order valence-electron chi connectivity index (χ4n) is 1.56. The van der Waals surface area contributed by atoms with E-state index >= 15 is 0 Å². The van der Waals surface area contributed by atoms with Crippen LogP contribution in [0.5, 0.6) is 0 Å². The molecular formula is C7H12O3. The number of aliphatic carboxylic acids is 1. The van der Waals surface area contributed by atoms with E-state index in [0.717, 1.165) is 0 Å². The summed E-state index contributed by atoms with van der Waals surface area (Å²) in [6.45, 7) is 1.87. The molecule has 1 rings (SSSR count). The van der Waals surface area contributed by atoms with E-state index in [1.807, 2.05) is 6.92 Å². The molecule has 0 amide bonds. The molecule has 0 unspecified atom stereocenters. The van der Waals surface area contributed by atoms with Crippen LogP contribution in [-0.4, -0.2) is 22.3 Å². The van der Waals surface area contributed by atoms with Gasteiger partial charge in [0.2, 0.25) is 0 Å². The molecule has 2 N–H and O–H groups in total. The minimum Gasteiger partial charge on any atom is -0.481 e. The number of carbonyl (C=O) groups is 1. The van der Waals surface area contributed by atoms with Gasteiger partial charge in [0, 0.05) is 0 Å². The fourth-order valence-corrected chi connectivity index (χ4v) is 1.56. The molecule has 0 bridgehead atoms. The van der Waals surface area contributed by atoms with Crippen molar-refractivity contribution in [2.75, 3.05) is 0 Å². The van der Waals surface area contributed by atoms with Crippen molar-refractivity contribution in [3.63, 3.8) is 0 Å². The average molecular weight is 144 g/mol. The third-order valence-corrected chi connectivity index (χ3v) is 2.17. The molecule has 0 radical (unpaired) electrons. The zero-order valence-corrected chi connectivity index (χ0v) is 5.95. The van der Waals surface area contributed by atoms with Gasteiger partial charge in [0.15, 0.2) is 0 Å². The lowest BCUT2D eigenvalue weighted by molar-refractivity contribution is -0.142. The van der Waals surface area contributed by atoms with Gasteiger partial charge in [-0.2, -0.15) is 0 Å². The van der Waals surface area contributed by atoms with E-state index in [-0.39, 0.29) is 11.8 Å². The number of carboxylic acid groups (broad SMARTS) is 1. The van der Waals surface area contributed by atoms with Crippen molar-refractivity contribution < 1.29 is 15.0 Å². The molecule has 1 fully saturated rings. The molecule has 0 spiro atoms. The first kappa shape index (κ1) is 7.54. The Balaban J connectivity index is 2.54. The molecule has 58 valence electrons. The summed E-state index contributed by atoms with van der Waals surface area (Å²) in [4.78, 5) is 10.4. The van der Waals surface area contributed by atoms with E-state index in [0.29, 0.717) is 12.8 Å². The molecule has 0 saturated heterocycles. The number of rotatable bonds is 1. The van der Waals surface area contributed by atoms with Crippen LogP contribution in [0.4, 0.5) is 0 Å². The number of aliphatic hydroxyl groups is 1. The summed E-state index contributed by atoms with van der Waals surface area (Å²) in [6, 6.07) is 0. The molecule has 10 heavy (non-hydrogen) atoms. The van der Waals surface area contributed by atoms with E-state index in [1.165, 1.54) is 0 Å². The van der Waals surface area contributed by atoms with Gasteiger partial charge in [0.1, 0.15) is 0 Å². The predicted octanol–water partition coefficient (Wildman–Crippen LogP) is 0.478. The third-order valence-electron chi connectivity index (χ3n) is 2.17. The Morgan fingerprint density at radius 1 is 1.50 bits per heavy atom. The molecule has 0 aromatic rings. The van der Waals surface area contributed by atoms with E-state index in [1.54, 1.807) is 0 Å². The van der Waals surface area contributed by atoms with Crippen LogP contribution < -0.4 is 0 Å².